The van der Waals surface area contributed by atoms with E-state index in [1.807, 2.05) is 38.1 Å². The highest BCUT2D eigenvalue weighted by molar-refractivity contribution is 5.81. The average Bonchev–Trinajstić information content (AvgIpc) is 2.50. The number of benzene rings is 1. The predicted octanol–water partition coefficient (Wildman–Crippen LogP) is 2.42. The molecule has 20 heavy (non-hydrogen) atoms. The van der Waals surface area contributed by atoms with Crippen LogP contribution in [0.5, 0.6) is 5.75 Å². The molecule has 1 aromatic rings. The molecule has 0 fully saturated rings. The van der Waals surface area contributed by atoms with Crippen LogP contribution in [0.15, 0.2) is 24.3 Å². The van der Waals surface area contributed by atoms with Crippen molar-refractivity contribution in [2.45, 2.75) is 39.8 Å². The quantitative estimate of drug-likeness (QED) is 0.833. The van der Waals surface area contributed by atoms with E-state index >= 15 is 0 Å². The van der Waals surface area contributed by atoms with Crippen LogP contribution >= 0.6 is 0 Å². The Morgan fingerprint density at radius 3 is 2.35 bits per heavy atom. The Kier molecular flexibility index (Phi) is 6.52. The first kappa shape index (κ1) is 16.5. The van der Waals surface area contributed by atoms with E-state index in [1.165, 1.54) is 0 Å². The van der Waals surface area contributed by atoms with Gasteiger partial charge in [-0.1, -0.05) is 32.4 Å². The molecule has 0 heterocycles. The third-order valence-electron chi connectivity index (χ3n) is 3.77. The van der Waals surface area contributed by atoms with E-state index in [4.69, 9.17) is 10.5 Å². The number of hydrogen-bond acceptors (Lipinski definition) is 3. The molecule has 4 heteroatoms. The van der Waals surface area contributed by atoms with Crippen molar-refractivity contribution in [1.29, 1.82) is 0 Å². The van der Waals surface area contributed by atoms with Gasteiger partial charge in [0.1, 0.15) is 5.75 Å². The maximum atomic E-state index is 12.4. The number of hydrogen-bond donors (Lipinski definition) is 1. The second kappa shape index (κ2) is 7.90. The van der Waals surface area contributed by atoms with Crippen LogP contribution in [-0.4, -0.2) is 30.5 Å². The molecular weight excluding hydrogens is 252 g/mol. The number of nitrogens with zero attached hydrogens (tertiary/aromatic N) is 1. The smallest absolute Gasteiger partial charge is 0.240 e. The molecule has 0 radical (unpaired) electrons. The van der Waals surface area contributed by atoms with Gasteiger partial charge < -0.3 is 15.4 Å². The number of carbonyl (C=O) groups excluding carboxylic acids is 1. The maximum Gasteiger partial charge on any atom is 0.240 e. The zero-order valence-corrected chi connectivity index (χ0v) is 12.9. The third-order valence-corrected chi connectivity index (χ3v) is 3.77. The first-order valence-electron chi connectivity index (χ1n) is 7.20. The highest BCUT2D eigenvalue weighted by atomic mass is 16.5. The number of carbonyl (C=O) groups is 1. The Morgan fingerprint density at radius 2 is 1.90 bits per heavy atom. The van der Waals surface area contributed by atoms with Crippen molar-refractivity contribution in [2.75, 3.05) is 13.7 Å². The van der Waals surface area contributed by atoms with Crippen molar-refractivity contribution in [2.24, 2.45) is 11.7 Å². The van der Waals surface area contributed by atoms with Crippen LogP contribution < -0.4 is 10.5 Å². The fraction of sp³-hybridized carbons (Fsp3) is 0.562. The van der Waals surface area contributed by atoms with Crippen molar-refractivity contribution in [1.82, 2.24) is 4.90 Å². The van der Waals surface area contributed by atoms with Crippen molar-refractivity contribution in [3.63, 3.8) is 0 Å². The fourth-order valence-electron chi connectivity index (χ4n) is 2.01. The third kappa shape index (κ3) is 4.23. The van der Waals surface area contributed by atoms with Gasteiger partial charge in [0.25, 0.3) is 0 Å². The molecule has 0 aliphatic heterocycles. The second-order valence-electron chi connectivity index (χ2n) is 5.11. The molecule has 4 nitrogen and oxygen atoms in total. The van der Waals surface area contributed by atoms with Crippen molar-refractivity contribution in [3.05, 3.63) is 29.8 Å². The van der Waals surface area contributed by atoms with Crippen LogP contribution in [0.3, 0.4) is 0 Å². The van der Waals surface area contributed by atoms with E-state index in [0.717, 1.165) is 17.7 Å². The largest absolute Gasteiger partial charge is 0.497 e. The van der Waals surface area contributed by atoms with Crippen molar-refractivity contribution < 1.29 is 9.53 Å². The summed E-state index contributed by atoms with van der Waals surface area (Å²) in [7, 11) is 1.64. The summed E-state index contributed by atoms with van der Waals surface area (Å²) in [5, 5.41) is 0. The van der Waals surface area contributed by atoms with Gasteiger partial charge in [0.15, 0.2) is 0 Å². The number of nitrogens with two attached hydrogens (primary N) is 1. The van der Waals surface area contributed by atoms with Crippen molar-refractivity contribution in [3.8, 4) is 5.75 Å². The van der Waals surface area contributed by atoms with Crippen LogP contribution in [0.1, 0.15) is 32.8 Å². The molecule has 0 aliphatic rings. The first-order valence-corrected chi connectivity index (χ1v) is 7.20. The lowest BCUT2D eigenvalue weighted by Gasteiger charge is -2.27. The van der Waals surface area contributed by atoms with E-state index < -0.39 is 6.04 Å². The van der Waals surface area contributed by atoms with Gasteiger partial charge in [-0.15, -0.1) is 0 Å². The summed E-state index contributed by atoms with van der Waals surface area (Å²) in [5.74, 6) is 1.05. The van der Waals surface area contributed by atoms with Crippen LogP contribution in [-0.2, 0) is 11.3 Å². The van der Waals surface area contributed by atoms with Gasteiger partial charge in [0.2, 0.25) is 5.91 Å². The maximum absolute atomic E-state index is 12.4. The van der Waals surface area contributed by atoms with Gasteiger partial charge in [0.05, 0.1) is 13.2 Å². The van der Waals surface area contributed by atoms with Crippen LogP contribution in [0.2, 0.25) is 0 Å². The number of ether oxygens (including phenoxy) is 1. The highest BCUT2D eigenvalue weighted by Gasteiger charge is 2.24. The first-order chi connectivity index (χ1) is 9.53. The Hall–Kier alpha value is -1.55. The molecule has 0 unspecified atom stereocenters. The van der Waals surface area contributed by atoms with Gasteiger partial charge in [-0.25, -0.2) is 0 Å². The van der Waals surface area contributed by atoms with Gasteiger partial charge in [-0.3, -0.25) is 4.79 Å². The molecule has 0 bridgehead atoms. The van der Waals surface area contributed by atoms with E-state index in [9.17, 15) is 4.79 Å². The van der Waals surface area contributed by atoms with E-state index in [1.54, 1.807) is 12.0 Å². The normalized spacial score (nSPS) is 13.7. The molecule has 1 amide bonds. The number of rotatable bonds is 7. The van der Waals surface area contributed by atoms with E-state index in [0.29, 0.717) is 13.1 Å². The van der Waals surface area contributed by atoms with Crippen molar-refractivity contribution >= 4 is 5.91 Å². The molecular formula is C16H26N2O2. The molecule has 0 spiro atoms. The summed E-state index contributed by atoms with van der Waals surface area (Å²) in [6.07, 6.45) is 0.910. The minimum atomic E-state index is -0.418. The van der Waals surface area contributed by atoms with Crippen LogP contribution in [0, 0.1) is 5.92 Å². The summed E-state index contributed by atoms with van der Waals surface area (Å²) in [4.78, 5) is 14.2. The Labute approximate surface area is 121 Å². The monoisotopic (exact) mass is 278 g/mol. The Balaban J connectivity index is 2.72. The number of likely N-dealkylation sites (N-methyl/N-ethyl adjacent to an activating group) is 1. The topological polar surface area (TPSA) is 55.6 Å². The lowest BCUT2D eigenvalue weighted by Crippen LogP contribution is -2.46. The molecule has 0 aromatic heterocycles. The molecule has 1 aromatic carbocycles. The van der Waals surface area contributed by atoms with Crippen LogP contribution in [0.4, 0.5) is 0 Å². The molecule has 1 rings (SSSR count). The van der Waals surface area contributed by atoms with E-state index in [2.05, 4.69) is 6.92 Å². The number of methoxy groups -OCH3 is 1. The summed E-state index contributed by atoms with van der Waals surface area (Å²) < 4.78 is 5.13. The zero-order chi connectivity index (χ0) is 15.1. The van der Waals surface area contributed by atoms with Gasteiger partial charge in [-0.05, 0) is 30.5 Å². The average molecular weight is 278 g/mol. The van der Waals surface area contributed by atoms with Gasteiger partial charge in [0, 0.05) is 13.1 Å². The predicted molar refractivity (Wildman–Crippen MR) is 81.5 cm³/mol. The molecule has 112 valence electrons. The SMILES string of the molecule is CC[C@H](C)[C@H](N)C(=O)N(CC)Cc1ccc(OC)cc1. The number of amides is 1. The summed E-state index contributed by atoms with van der Waals surface area (Å²) in [5.41, 5.74) is 7.12. The summed E-state index contributed by atoms with van der Waals surface area (Å²) in [6.45, 7) is 7.30. The Bertz CT molecular complexity index is 417. The summed E-state index contributed by atoms with van der Waals surface area (Å²) in [6, 6.07) is 7.34. The fourth-order valence-corrected chi connectivity index (χ4v) is 2.01. The molecule has 0 aliphatic carbocycles. The zero-order valence-electron chi connectivity index (χ0n) is 12.9. The highest BCUT2D eigenvalue weighted by Crippen LogP contribution is 2.15. The minimum Gasteiger partial charge on any atom is -0.497 e. The lowest BCUT2D eigenvalue weighted by atomic mass is 9.98. The van der Waals surface area contributed by atoms with Gasteiger partial charge >= 0.3 is 0 Å². The summed E-state index contributed by atoms with van der Waals surface area (Å²) >= 11 is 0. The van der Waals surface area contributed by atoms with Gasteiger partial charge in [-0.2, -0.15) is 0 Å². The lowest BCUT2D eigenvalue weighted by molar-refractivity contribution is -0.134. The van der Waals surface area contributed by atoms with E-state index in [-0.39, 0.29) is 11.8 Å². The molecule has 2 N–H and O–H groups in total. The molecule has 2 atom stereocenters. The Morgan fingerprint density at radius 1 is 1.30 bits per heavy atom. The molecule has 0 saturated heterocycles. The molecule has 0 saturated carbocycles. The standard InChI is InChI=1S/C16H26N2O2/c1-5-12(3)15(17)16(19)18(6-2)11-13-7-9-14(20-4)10-8-13/h7-10,12,15H,5-6,11,17H2,1-4H3/t12-,15-/m0/s1. The minimum absolute atomic E-state index is 0.0256. The van der Waals surface area contributed by atoms with Crippen LogP contribution in [0.25, 0.3) is 0 Å². The second-order valence-corrected chi connectivity index (χ2v) is 5.11.